The number of amides is 1. The van der Waals surface area contributed by atoms with Gasteiger partial charge in [-0.25, -0.2) is 0 Å². The Hall–Kier alpha value is -3.48. The Bertz CT molecular complexity index is 1020. The highest BCUT2D eigenvalue weighted by Crippen LogP contribution is 2.25. The van der Waals surface area contributed by atoms with Crippen molar-refractivity contribution in [3.05, 3.63) is 60.2 Å². The fraction of sp³-hybridized carbons (Fsp3) is 0.333. The van der Waals surface area contributed by atoms with E-state index >= 15 is 0 Å². The molecule has 7 nitrogen and oxygen atoms in total. The lowest BCUT2D eigenvalue weighted by Gasteiger charge is -2.33. The second-order valence-corrected chi connectivity index (χ2v) is 7.83. The van der Waals surface area contributed by atoms with Gasteiger partial charge in [-0.1, -0.05) is 12.1 Å². The number of nitrogens with zero attached hydrogens (tertiary/aromatic N) is 2. The number of hydrogen-bond donors (Lipinski definition) is 2. The van der Waals surface area contributed by atoms with Crippen LogP contribution in [-0.2, 0) is 4.79 Å². The molecule has 162 valence electrons. The summed E-state index contributed by atoms with van der Waals surface area (Å²) in [6.07, 6.45) is 1.94. The van der Waals surface area contributed by atoms with Gasteiger partial charge in [-0.3, -0.25) is 9.89 Å². The van der Waals surface area contributed by atoms with Crippen LogP contribution < -0.4 is 19.7 Å². The summed E-state index contributed by atoms with van der Waals surface area (Å²) in [5.74, 6) is 2.32. The molecule has 0 aliphatic carbocycles. The lowest BCUT2D eigenvalue weighted by Crippen LogP contribution is -2.49. The third-order valence-corrected chi connectivity index (χ3v) is 5.44. The molecule has 2 N–H and O–H groups in total. The van der Waals surface area contributed by atoms with E-state index < -0.39 is 0 Å². The van der Waals surface area contributed by atoms with Gasteiger partial charge < -0.3 is 19.7 Å². The molecule has 0 saturated carbocycles. The normalized spacial score (nSPS) is 16.1. The minimum atomic E-state index is -0.102. The number of anilines is 1. The molecule has 0 unspecified atom stereocenters. The maximum absolute atomic E-state index is 12.4. The first-order chi connectivity index (χ1) is 15.1. The quantitative estimate of drug-likeness (QED) is 0.611. The van der Waals surface area contributed by atoms with Gasteiger partial charge in [-0.2, -0.15) is 5.10 Å². The van der Waals surface area contributed by atoms with Gasteiger partial charge in [0.2, 0.25) is 0 Å². The number of carbonyl (C=O) groups is 1. The van der Waals surface area contributed by atoms with Gasteiger partial charge in [0.25, 0.3) is 5.91 Å². The fourth-order valence-electron chi connectivity index (χ4n) is 3.82. The summed E-state index contributed by atoms with van der Waals surface area (Å²) in [5, 5.41) is 10.7. The molecule has 1 aliphatic rings. The highest BCUT2D eigenvalue weighted by molar-refractivity contribution is 5.78. The van der Waals surface area contributed by atoms with Gasteiger partial charge in [0.1, 0.15) is 11.5 Å². The lowest BCUT2D eigenvalue weighted by molar-refractivity contribution is -0.123. The Morgan fingerprint density at radius 1 is 1.19 bits per heavy atom. The molecule has 2 heterocycles. The monoisotopic (exact) mass is 420 g/mol. The molecule has 1 saturated heterocycles. The molecule has 2 aromatic carbocycles. The SMILES string of the molecule is COc1ccc(-c2cc(N3CCC[C@@H](NC(=O)COc4cccc(C)c4)C3)n[nH]2)cc1. The summed E-state index contributed by atoms with van der Waals surface area (Å²) in [5.41, 5.74) is 3.11. The first-order valence-electron chi connectivity index (χ1n) is 10.5. The zero-order chi connectivity index (χ0) is 21.6. The minimum Gasteiger partial charge on any atom is -0.497 e. The molecule has 0 radical (unpaired) electrons. The van der Waals surface area contributed by atoms with Crippen molar-refractivity contribution in [3.63, 3.8) is 0 Å². The molecule has 4 rings (SSSR count). The van der Waals surface area contributed by atoms with E-state index in [1.54, 1.807) is 7.11 Å². The van der Waals surface area contributed by atoms with Crippen molar-refractivity contribution in [2.75, 3.05) is 31.7 Å². The Kier molecular flexibility index (Phi) is 6.40. The van der Waals surface area contributed by atoms with E-state index in [0.29, 0.717) is 5.75 Å². The maximum atomic E-state index is 12.4. The summed E-state index contributed by atoms with van der Waals surface area (Å²) < 4.78 is 10.8. The van der Waals surface area contributed by atoms with Crippen LogP contribution in [0, 0.1) is 6.92 Å². The Morgan fingerprint density at radius 2 is 2.03 bits per heavy atom. The van der Waals surface area contributed by atoms with Crippen molar-refractivity contribution in [2.24, 2.45) is 0 Å². The third-order valence-electron chi connectivity index (χ3n) is 5.44. The van der Waals surface area contributed by atoms with Crippen molar-refractivity contribution in [1.82, 2.24) is 15.5 Å². The van der Waals surface area contributed by atoms with E-state index in [2.05, 4.69) is 20.4 Å². The van der Waals surface area contributed by atoms with Crippen molar-refractivity contribution in [2.45, 2.75) is 25.8 Å². The van der Waals surface area contributed by atoms with Crippen molar-refractivity contribution < 1.29 is 14.3 Å². The van der Waals surface area contributed by atoms with Gasteiger partial charge in [-0.05, 0) is 67.3 Å². The molecule has 1 amide bonds. The average molecular weight is 421 g/mol. The molecule has 0 spiro atoms. The number of nitrogens with one attached hydrogen (secondary N) is 2. The smallest absolute Gasteiger partial charge is 0.258 e. The standard InChI is InChI=1S/C24H28N4O3/c1-17-5-3-7-21(13-17)31-16-24(29)25-19-6-4-12-28(15-19)23-14-22(26-27-23)18-8-10-20(30-2)11-9-18/h3,5,7-11,13-14,19H,4,6,12,15-16H2,1-2H3,(H,25,29)(H,26,27)/t19-/m1/s1. The van der Waals surface area contributed by atoms with Crippen LogP contribution in [0.3, 0.4) is 0 Å². The Morgan fingerprint density at radius 3 is 2.81 bits per heavy atom. The van der Waals surface area contributed by atoms with Crippen LogP contribution in [0.1, 0.15) is 18.4 Å². The van der Waals surface area contributed by atoms with E-state index in [4.69, 9.17) is 9.47 Å². The molecule has 0 bridgehead atoms. The number of aromatic nitrogens is 2. The molecule has 7 heteroatoms. The second-order valence-electron chi connectivity index (χ2n) is 7.83. The van der Waals surface area contributed by atoms with Gasteiger partial charge in [-0.15, -0.1) is 0 Å². The minimum absolute atomic E-state index is 0.0178. The third kappa shape index (κ3) is 5.36. The van der Waals surface area contributed by atoms with E-state index in [1.807, 2.05) is 61.5 Å². The largest absolute Gasteiger partial charge is 0.497 e. The number of aromatic amines is 1. The topological polar surface area (TPSA) is 79.5 Å². The summed E-state index contributed by atoms with van der Waals surface area (Å²) in [6, 6.07) is 17.7. The Balaban J connectivity index is 1.32. The van der Waals surface area contributed by atoms with E-state index in [9.17, 15) is 4.79 Å². The molecule has 1 aliphatic heterocycles. The fourth-order valence-corrected chi connectivity index (χ4v) is 3.82. The van der Waals surface area contributed by atoms with Crippen LogP contribution >= 0.6 is 0 Å². The number of rotatable bonds is 7. The molecule has 31 heavy (non-hydrogen) atoms. The maximum Gasteiger partial charge on any atom is 0.258 e. The number of carbonyl (C=O) groups excluding carboxylic acids is 1. The molecule has 1 atom stereocenters. The molecule has 1 aromatic heterocycles. The van der Waals surface area contributed by atoms with Crippen LogP contribution in [0.4, 0.5) is 5.82 Å². The van der Waals surface area contributed by atoms with Crippen LogP contribution in [0.25, 0.3) is 11.3 Å². The van der Waals surface area contributed by atoms with Gasteiger partial charge in [0, 0.05) is 25.2 Å². The first kappa shape index (κ1) is 20.8. The predicted octanol–water partition coefficient (Wildman–Crippen LogP) is 3.56. The van der Waals surface area contributed by atoms with Crippen molar-refractivity contribution in [1.29, 1.82) is 0 Å². The first-order valence-corrected chi connectivity index (χ1v) is 10.5. The van der Waals surface area contributed by atoms with Crippen molar-refractivity contribution >= 4 is 11.7 Å². The van der Waals surface area contributed by atoms with E-state index in [-0.39, 0.29) is 18.6 Å². The average Bonchev–Trinajstić information content (AvgIpc) is 3.28. The second kappa shape index (κ2) is 9.55. The van der Waals surface area contributed by atoms with E-state index in [1.165, 1.54) is 0 Å². The van der Waals surface area contributed by atoms with Gasteiger partial charge in [0.05, 0.1) is 12.8 Å². The summed E-state index contributed by atoms with van der Waals surface area (Å²) in [4.78, 5) is 14.6. The predicted molar refractivity (Wildman–Crippen MR) is 121 cm³/mol. The number of piperidine rings is 1. The molecule has 3 aromatic rings. The highest BCUT2D eigenvalue weighted by Gasteiger charge is 2.23. The zero-order valence-electron chi connectivity index (χ0n) is 17.9. The molecular weight excluding hydrogens is 392 g/mol. The number of H-pyrrole nitrogens is 1. The highest BCUT2D eigenvalue weighted by atomic mass is 16.5. The summed E-state index contributed by atoms with van der Waals surface area (Å²) in [6.45, 7) is 3.66. The van der Waals surface area contributed by atoms with Crippen LogP contribution in [0.15, 0.2) is 54.6 Å². The summed E-state index contributed by atoms with van der Waals surface area (Å²) in [7, 11) is 1.66. The van der Waals surface area contributed by atoms with Crippen LogP contribution in [-0.4, -0.2) is 49.0 Å². The van der Waals surface area contributed by atoms with Crippen LogP contribution in [0.2, 0.25) is 0 Å². The number of benzene rings is 2. The van der Waals surface area contributed by atoms with Gasteiger partial charge >= 0.3 is 0 Å². The van der Waals surface area contributed by atoms with Gasteiger partial charge in [0.15, 0.2) is 12.4 Å². The number of methoxy groups -OCH3 is 1. The lowest BCUT2D eigenvalue weighted by atomic mass is 10.1. The number of aryl methyl sites for hydroxylation is 1. The van der Waals surface area contributed by atoms with Crippen molar-refractivity contribution in [3.8, 4) is 22.8 Å². The summed E-state index contributed by atoms with van der Waals surface area (Å²) >= 11 is 0. The molecule has 1 fully saturated rings. The number of ether oxygens (including phenoxy) is 2. The number of hydrogen-bond acceptors (Lipinski definition) is 5. The zero-order valence-corrected chi connectivity index (χ0v) is 17.9. The molecular formula is C24H28N4O3. The Labute approximate surface area is 182 Å². The van der Waals surface area contributed by atoms with E-state index in [0.717, 1.165) is 54.3 Å². The van der Waals surface area contributed by atoms with Crippen LogP contribution in [0.5, 0.6) is 11.5 Å².